The summed E-state index contributed by atoms with van der Waals surface area (Å²) >= 11 is 6.43. The highest BCUT2D eigenvalue weighted by molar-refractivity contribution is 6.35. The number of nitrogen functional groups attached to an aromatic ring is 1. The Hall–Kier alpha value is -2.84. The molecule has 3 aromatic rings. The van der Waals surface area contributed by atoms with Crippen LogP contribution in [0.15, 0.2) is 35.6 Å². The van der Waals surface area contributed by atoms with Crippen molar-refractivity contribution in [1.29, 1.82) is 0 Å². The topological polar surface area (TPSA) is 106 Å². The molecule has 4 rings (SSSR count). The van der Waals surface area contributed by atoms with Gasteiger partial charge in [-0.15, -0.1) is 0 Å². The van der Waals surface area contributed by atoms with Crippen molar-refractivity contribution >= 4 is 40.1 Å². The maximum atomic E-state index is 14.3. The molecule has 0 amide bonds. The quantitative estimate of drug-likeness (QED) is 0.305. The summed E-state index contributed by atoms with van der Waals surface area (Å²) in [6, 6.07) is 5.17. The van der Waals surface area contributed by atoms with Crippen molar-refractivity contribution in [2.45, 2.75) is 19.4 Å². The summed E-state index contributed by atoms with van der Waals surface area (Å²) in [5, 5.41) is 7.08. The second kappa shape index (κ2) is 7.29. The van der Waals surface area contributed by atoms with E-state index in [1.165, 1.54) is 6.07 Å². The Kier molecular flexibility index (Phi) is 4.82. The Balaban J connectivity index is 1.66. The van der Waals surface area contributed by atoms with E-state index in [1.807, 2.05) is 0 Å². The van der Waals surface area contributed by atoms with Crippen LogP contribution >= 0.6 is 11.6 Å². The van der Waals surface area contributed by atoms with Gasteiger partial charge in [0, 0.05) is 42.4 Å². The van der Waals surface area contributed by atoms with Crippen LogP contribution in [0.4, 0.5) is 21.5 Å². The van der Waals surface area contributed by atoms with Gasteiger partial charge in [-0.2, -0.15) is 0 Å². The Morgan fingerprint density at radius 3 is 2.93 bits per heavy atom. The summed E-state index contributed by atoms with van der Waals surface area (Å²) in [7, 11) is 0. The Bertz CT molecular complexity index is 1050. The number of nitrogens with one attached hydrogen (secondary N) is 2. The maximum Gasteiger partial charge on any atom is 0.173 e. The molecule has 1 unspecified atom stereocenters. The molecule has 1 atom stereocenters. The van der Waals surface area contributed by atoms with E-state index < -0.39 is 5.82 Å². The fourth-order valence-corrected chi connectivity index (χ4v) is 3.74. The van der Waals surface area contributed by atoms with Crippen molar-refractivity contribution in [1.82, 2.24) is 14.7 Å². The smallest absolute Gasteiger partial charge is 0.173 e. The Labute approximate surface area is 166 Å². The van der Waals surface area contributed by atoms with E-state index in [-0.39, 0.29) is 11.5 Å². The summed E-state index contributed by atoms with van der Waals surface area (Å²) in [5.74, 6) is -0.363. The molecule has 0 bridgehead atoms. The molecular formula is C19H21ClFN7. The maximum absolute atomic E-state index is 14.3. The number of benzene rings is 1. The monoisotopic (exact) mass is 401 g/mol. The highest BCUT2D eigenvalue weighted by Gasteiger charge is 2.17. The van der Waals surface area contributed by atoms with Crippen LogP contribution in [0.1, 0.15) is 17.7 Å². The average Bonchev–Trinajstić information content (AvgIpc) is 3.23. The minimum absolute atomic E-state index is 0.118. The standard InChI is InChI=1S/C19H21ClFN7/c1-10-8-28-9-13(5-15(21)19(28)25-10)27-18(23)17-14(20)4-12(6-16(17)22)26-11-2-3-24-7-11/h4-6,8-9,11,24,26H,2-3,7,22H2,1H3,(H2,23,27). The molecule has 0 saturated carbocycles. The predicted octanol–water partition coefficient (Wildman–Crippen LogP) is 2.83. The van der Waals surface area contributed by atoms with Crippen LogP contribution < -0.4 is 22.1 Å². The number of nitrogens with two attached hydrogens (primary N) is 2. The lowest BCUT2D eigenvalue weighted by Gasteiger charge is -2.16. The van der Waals surface area contributed by atoms with E-state index in [0.29, 0.717) is 33.7 Å². The van der Waals surface area contributed by atoms with Crippen LogP contribution in [0.5, 0.6) is 0 Å². The molecule has 1 aliphatic heterocycles. The molecule has 1 aromatic carbocycles. The SMILES string of the molecule is Cc1cn2cc(N=C(N)c3c(N)cc(NC4CCNC4)cc3Cl)cc(F)c2n1. The Morgan fingerprint density at radius 2 is 2.21 bits per heavy atom. The van der Waals surface area contributed by atoms with E-state index in [4.69, 9.17) is 23.1 Å². The summed E-state index contributed by atoms with van der Waals surface area (Å²) in [6.45, 7) is 3.67. The molecule has 9 heteroatoms. The number of rotatable bonds is 4. The zero-order valence-corrected chi connectivity index (χ0v) is 16.1. The van der Waals surface area contributed by atoms with Crippen LogP contribution in [-0.2, 0) is 0 Å². The minimum atomic E-state index is -0.481. The fraction of sp³-hybridized carbons (Fsp3) is 0.263. The largest absolute Gasteiger partial charge is 0.398 e. The van der Waals surface area contributed by atoms with Crippen LogP contribution in [0.2, 0.25) is 5.02 Å². The first-order chi connectivity index (χ1) is 13.4. The average molecular weight is 402 g/mol. The van der Waals surface area contributed by atoms with Gasteiger partial charge in [0.25, 0.3) is 0 Å². The van der Waals surface area contributed by atoms with Crippen LogP contribution in [0.3, 0.4) is 0 Å². The second-order valence-corrected chi connectivity index (χ2v) is 7.32. The molecule has 146 valence electrons. The highest BCUT2D eigenvalue weighted by atomic mass is 35.5. The molecular weight excluding hydrogens is 381 g/mol. The summed E-state index contributed by atoms with van der Waals surface area (Å²) in [5.41, 5.74) is 15.3. The first kappa shape index (κ1) is 18.5. The molecule has 6 N–H and O–H groups in total. The van der Waals surface area contributed by atoms with Crippen LogP contribution in [0, 0.1) is 12.7 Å². The van der Waals surface area contributed by atoms with Crippen molar-refractivity contribution in [3.05, 3.63) is 52.7 Å². The van der Waals surface area contributed by atoms with E-state index in [1.54, 1.807) is 35.9 Å². The number of imidazole rings is 1. The van der Waals surface area contributed by atoms with Gasteiger partial charge in [0.1, 0.15) is 5.84 Å². The number of pyridine rings is 1. The van der Waals surface area contributed by atoms with E-state index in [9.17, 15) is 4.39 Å². The van der Waals surface area contributed by atoms with Crippen LogP contribution in [-0.4, -0.2) is 34.4 Å². The van der Waals surface area contributed by atoms with Gasteiger partial charge < -0.3 is 26.5 Å². The van der Waals surface area contributed by atoms with Gasteiger partial charge in [0.2, 0.25) is 0 Å². The van der Waals surface area contributed by atoms with Crippen molar-refractivity contribution in [2.24, 2.45) is 10.7 Å². The number of halogens is 2. The number of aliphatic imine (C=N–C) groups is 1. The van der Waals surface area contributed by atoms with Gasteiger partial charge in [0.15, 0.2) is 11.5 Å². The zero-order chi connectivity index (χ0) is 19.8. The molecule has 1 aliphatic rings. The fourth-order valence-electron chi connectivity index (χ4n) is 3.42. The molecule has 1 saturated heterocycles. The molecule has 28 heavy (non-hydrogen) atoms. The molecule has 0 radical (unpaired) electrons. The predicted molar refractivity (Wildman–Crippen MR) is 111 cm³/mol. The van der Waals surface area contributed by atoms with Gasteiger partial charge in [-0.25, -0.2) is 14.4 Å². The summed E-state index contributed by atoms with van der Waals surface area (Å²) in [4.78, 5) is 8.44. The van der Waals surface area contributed by atoms with E-state index in [0.717, 1.165) is 25.2 Å². The molecule has 0 spiro atoms. The number of hydrogen-bond acceptors (Lipinski definition) is 5. The lowest BCUT2D eigenvalue weighted by Crippen LogP contribution is -2.22. The lowest BCUT2D eigenvalue weighted by molar-refractivity contribution is 0.630. The third-order valence-electron chi connectivity index (χ3n) is 4.67. The van der Waals surface area contributed by atoms with Crippen molar-refractivity contribution < 1.29 is 4.39 Å². The number of amidine groups is 1. The van der Waals surface area contributed by atoms with Gasteiger partial charge in [-0.3, -0.25) is 0 Å². The van der Waals surface area contributed by atoms with Gasteiger partial charge in [-0.05, 0) is 32.0 Å². The normalized spacial score (nSPS) is 17.4. The van der Waals surface area contributed by atoms with Gasteiger partial charge in [0.05, 0.1) is 22.0 Å². The number of aromatic nitrogens is 2. The number of fused-ring (bicyclic) bond motifs is 1. The van der Waals surface area contributed by atoms with Crippen molar-refractivity contribution in [2.75, 3.05) is 24.1 Å². The van der Waals surface area contributed by atoms with Crippen molar-refractivity contribution in [3.8, 4) is 0 Å². The number of aryl methyl sites for hydroxylation is 1. The van der Waals surface area contributed by atoms with E-state index >= 15 is 0 Å². The first-order valence-electron chi connectivity index (χ1n) is 8.96. The zero-order valence-electron chi connectivity index (χ0n) is 15.3. The summed E-state index contributed by atoms with van der Waals surface area (Å²) in [6.07, 6.45) is 4.40. The van der Waals surface area contributed by atoms with Gasteiger partial charge in [-0.1, -0.05) is 11.6 Å². The summed E-state index contributed by atoms with van der Waals surface area (Å²) < 4.78 is 15.8. The van der Waals surface area contributed by atoms with Crippen molar-refractivity contribution in [3.63, 3.8) is 0 Å². The number of hydrogen-bond donors (Lipinski definition) is 4. The lowest BCUT2D eigenvalue weighted by atomic mass is 10.1. The number of nitrogens with zero attached hydrogens (tertiary/aromatic N) is 3. The molecule has 2 aromatic heterocycles. The molecule has 7 nitrogen and oxygen atoms in total. The van der Waals surface area contributed by atoms with E-state index in [2.05, 4.69) is 20.6 Å². The molecule has 0 aliphatic carbocycles. The first-order valence-corrected chi connectivity index (χ1v) is 9.34. The second-order valence-electron chi connectivity index (χ2n) is 6.91. The van der Waals surface area contributed by atoms with Crippen LogP contribution in [0.25, 0.3) is 5.65 Å². The molecule has 1 fully saturated rings. The third-order valence-corrected chi connectivity index (χ3v) is 4.97. The third kappa shape index (κ3) is 3.61. The highest BCUT2D eigenvalue weighted by Crippen LogP contribution is 2.29. The minimum Gasteiger partial charge on any atom is -0.398 e. The van der Waals surface area contributed by atoms with Gasteiger partial charge >= 0.3 is 0 Å². The number of anilines is 2. The Morgan fingerprint density at radius 1 is 1.39 bits per heavy atom. The molecule has 3 heterocycles.